The van der Waals surface area contributed by atoms with Gasteiger partial charge < -0.3 is 14.6 Å². The Labute approximate surface area is 147 Å². The molecule has 1 aromatic carbocycles. The number of likely N-dealkylation sites (tertiary alicyclic amines) is 1. The van der Waals surface area contributed by atoms with Crippen LogP contribution in [0, 0.1) is 12.8 Å². The molecule has 0 saturated carbocycles. The van der Waals surface area contributed by atoms with Crippen LogP contribution in [0.3, 0.4) is 0 Å². The first-order valence-corrected chi connectivity index (χ1v) is 8.76. The van der Waals surface area contributed by atoms with Crippen molar-refractivity contribution in [1.82, 2.24) is 9.88 Å². The zero-order valence-corrected chi connectivity index (χ0v) is 14.5. The van der Waals surface area contributed by atoms with E-state index in [0.717, 1.165) is 32.4 Å². The molecule has 5 nitrogen and oxygen atoms in total. The van der Waals surface area contributed by atoms with Crippen molar-refractivity contribution in [3.63, 3.8) is 0 Å². The molecule has 1 aliphatic heterocycles. The Balaban J connectivity index is 1.48. The van der Waals surface area contributed by atoms with Crippen molar-refractivity contribution in [3.05, 3.63) is 64.1 Å². The number of carbonyl (C=O) groups excluding carboxylic acids is 1. The average Bonchev–Trinajstić information content (AvgIpc) is 2.62. The summed E-state index contributed by atoms with van der Waals surface area (Å²) in [7, 11) is 0. The van der Waals surface area contributed by atoms with Crippen LogP contribution in [-0.2, 0) is 11.2 Å². The molecule has 1 aliphatic rings. The molecule has 0 unspecified atom stereocenters. The van der Waals surface area contributed by atoms with Crippen LogP contribution >= 0.6 is 0 Å². The third kappa shape index (κ3) is 4.50. The number of aryl methyl sites for hydroxylation is 1. The van der Waals surface area contributed by atoms with E-state index in [-0.39, 0.29) is 23.7 Å². The molecule has 25 heavy (non-hydrogen) atoms. The molecule has 2 aromatic rings. The molecule has 0 spiro atoms. The largest absolute Gasteiger partial charge is 0.478 e. The van der Waals surface area contributed by atoms with Gasteiger partial charge in [-0.05, 0) is 37.7 Å². The predicted octanol–water partition coefficient (Wildman–Crippen LogP) is 2.54. The number of rotatable bonds is 5. The molecule has 3 rings (SSSR count). The zero-order valence-electron chi connectivity index (χ0n) is 14.5. The lowest BCUT2D eigenvalue weighted by Crippen LogP contribution is -2.41. The molecule has 1 fully saturated rings. The Hall–Kier alpha value is -2.56. The highest BCUT2D eigenvalue weighted by Crippen LogP contribution is 2.21. The summed E-state index contributed by atoms with van der Waals surface area (Å²) in [5, 5.41) is 0. The van der Waals surface area contributed by atoms with Crippen molar-refractivity contribution in [3.8, 4) is 5.75 Å². The second-order valence-electron chi connectivity index (χ2n) is 6.60. The van der Waals surface area contributed by atoms with Gasteiger partial charge in [0.15, 0.2) is 12.4 Å². The van der Waals surface area contributed by atoms with E-state index in [9.17, 15) is 9.59 Å². The van der Waals surface area contributed by atoms with E-state index in [0.29, 0.717) is 11.6 Å². The van der Waals surface area contributed by atoms with Crippen LogP contribution in [-0.4, -0.2) is 35.5 Å². The molecule has 2 heterocycles. The minimum atomic E-state index is -0.203. The van der Waals surface area contributed by atoms with Crippen LogP contribution in [0.15, 0.2) is 47.4 Å². The van der Waals surface area contributed by atoms with E-state index < -0.39 is 0 Å². The minimum Gasteiger partial charge on any atom is -0.478 e. The van der Waals surface area contributed by atoms with E-state index in [1.807, 2.05) is 11.0 Å². The van der Waals surface area contributed by atoms with Crippen molar-refractivity contribution in [2.45, 2.75) is 26.2 Å². The number of hydrogen-bond acceptors (Lipinski definition) is 3. The fourth-order valence-electron chi connectivity index (χ4n) is 3.31. The fourth-order valence-corrected chi connectivity index (χ4v) is 3.31. The molecule has 0 bridgehead atoms. The summed E-state index contributed by atoms with van der Waals surface area (Å²) in [6.45, 7) is 3.18. The van der Waals surface area contributed by atoms with Gasteiger partial charge in [0.05, 0.1) is 5.69 Å². The van der Waals surface area contributed by atoms with Gasteiger partial charge in [-0.2, -0.15) is 0 Å². The van der Waals surface area contributed by atoms with E-state index in [4.69, 9.17) is 4.74 Å². The number of piperidine rings is 1. The lowest BCUT2D eigenvalue weighted by atomic mass is 9.90. The van der Waals surface area contributed by atoms with Crippen LogP contribution in [0.4, 0.5) is 0 Å². The van der Waals surface area contributed by atoms with Crippen LogP contribution in [0.5, 0.6) is 5.75 Å². The van der Waals surface area contributed by atoms with Gasteiger partial charge in [0.2, 0.25) is 5.43 Å². The van der Waals surface area contributed by atoms with E-state index in [1.165, 1.54) is 11.6 Å². The van der Waals surface area contributed by atoms with Gasteiger partial charge in [-0.3, -0.25) is 9.59 Å². The standard InChI is InChI=1S/C20H24N2O3/c1-15-20(18(23)7-10-21-15)25-14-19(24)22-11-8-17(9-12-22)13-16-5-3-2-4-6-16/h2-7,10,17H,8-9,11-14H2,1H3,(H,21,23). The number of amides is 1. The Morgan fingerprint density at radius 2 is 1.92 bits per heavy atom. The fraction of sp³-hybridized carbons (Fsp3) is 0.400. The number of aromatic amines is 1. The van der Waals surface area contributed by atoms with Crippen molar-refractivity contribution >= 4 is 5.91 Å². The molecule has 1 amide bonds. The maximum absolute atomic E-state index is 12.3. The summed E-state index contributed by atoms with van der Waals surface area (Å²) >= 11 is 0. The number of benzene rings is 1. The SMILES string of the molecule is Cc1[nH]ccc(=O)c1OCC(=O)N1CCC(Cc2ccccc2)CC1. The highest BCUT2D eigenvalue weighted by Gasteiger charge is 2.23. The maximum Gasteiger partial charge on any atom is 0.260 e. The van der Waals surface area contributed by atoms with Crippen LogP contribution in [0.2, 0.25) is 0 Å². The number of pyridine rings is 1. The van der Waals surface area contributed by atoms with Gasteiger partial charge >= 0.3 is 0 Å². The van der Waals surface area contributed by atoms with Gasteiger partial charge in [-0.25, -0.2) is 0 Å². The average molecular weight is 340 g/mol. The molecule has 5 heteroatoms. The Morgan fingerprint density at radius 3 is 2.60 bits per heavy atom. The number of H-pyrrole nitrogens is 1. The summed E-state index contributed by atoms with van der Waals surface area (Å²) in [5.74, 6) is 0.794. The quantitative estimate of drug-likeness (QED) is 0.910. The number of ether oxygens (including phenoxy) is 1. The molecular formula is C20H24N2O3. The molecular weight excluding hydrogens is 316 g/mol. The van der Waals surface area contributed by atoms with Crippen LogP contribution in [0.25, 0.3) is 0 Å². The molecule has 0 aliphatic carbocycles. The highest BCUT2D eigenvalue weighted by atomic mass is 16.5. The normalized spacial score (nSPS) is 15.2. The number of carbonyl (C=O) groups is 1. The molecule has 1 aromatic heterocycles. The predicted molar refractivity (Wildman–Crippen MR) is 96.7 cm³/mol. The third-order valence-electron chi connectivity index (χ3n) is 4.77. The molecule has 0 atom stereocenters. The monoisotopic (exact) mass is 340 g/mol. The minimum absolute atomic E-state index is 0.0548. The first-order chi connectivity index (χ1) is 12.1. The third-order valence-corrected chi connectivity index (χ3v) is 4.77. The maximum atomic E-state index is 12.3. The summed E-state index contributed by atoms with van der Waals surface area (Å²) in [5.41, 5.74) is 1.79. The second kappa shape index (κ2) is 8.01. The van der Waals surface area contributed by atoms with Gasteiger partial charge in [0.25, 0.3) is 5.91 Å². The topological polar surface area (TPSA) is 62.4 Å². The van der Waals surface area contributed by atoms with Gasteiger partial charge in [0.1, 0.15) is 0 Å². The Morgan fingerprint density at radius 1 is 1.20 bits per heavy atom. The van der Waals surface area contributed by atoms with E-state index in [1.54, 1.807) is 13.1 Å². The molecule has 132 valence electrons. The number of nitrogens with zero attached hydrogens (tertiary/aromatic N) is 1. The molecule has 0 radical (unpaired) electrons. The molecule has 1 saturated heterocycles. The van der Waals surface area contributed by atoms with Crippen molar-refractivity contribution in [1.29, 1.82) is 0 Å². The second-order valence-corrected chi connectivity index (χ2v) is 6.60. The number of aromatic nitrogens is 1. The van der Waals surface area contributed by atoms with Crippen LogP contribution in [0.1, 0.15) is 24.1 Å². The zero-order chi connectivity index (χ0) is 17.6. The van der Waals surface area contributed by atoms with Gasteiger partial charge in [-0.1, -0.05) is 30.3 Å². The smallest absolute Gasteiger partial charge is 0.260 e. The van der Waals surface area contributed by atoms with Crippen molar-refractivity contribution in [2.75, 3.05) is 19.7 Å². The summed E-state index contributed by atoms with van der Waals surface area (Å²) in [6, 6.07) is 11.9. The number of nitrogens with one attached hydrogen (secondary N) is 1. The van der Waals surface area contributed by atoms with Crippen molar-refractivity contribution < 1.29 is 9.53 Å². The summed E-state index contributed by atoms with van der Waals surface area (Å²) in [4.78, 5) is 28.9. The number of hydrogen-bond donors (Lipinski definition) is 1. The lowest BCUT2D eigenvalue weighted by Gasteiger charge is -2.32. The molecule has 1 N–H and O–H groups in total. The Kier molecular flexibility index (Phi) is 5.53. The van der Waals surface area contributed by atoms with Gasteiger partial charge in [-0.15, -0.1) is 0 Å². The van der Waals surface area contributed by atoms with E-state index >= 15 is 0 Å². The lowest BCUT2D eigenvalue weighted by molar-refractivity contribution is -0.134. The highest BCUT2D eigenvalue weighted by molar-refractivity contribution is 5.77. The first kappa shape index (κ1) is 17.3. The van der Waals surface area contributed by atoms with Gasteiger partial charge in [0, 0.05) is 25.4 Å². The Bertz CT molecular complexity index is 762. The first-order valence-electron chi connectivity index (χ1n) is 8.76. The van der Waals surface area contributed by atoms with E-state index in [2.05, 4.69) is 29.2 Å². The summed E-state index contributed by atoms with van der Waals surface area (Å²) < 4.78 is 5.47. The summed E-state index contributed by atoms with van der Waals surface area (Å²) in [6.07, 6.45) is 4.65. The van der Waals surface area contributed by atoms with Crippen molar-refractivity contribution in [2.24, 2.45) is 5.92 Å². The van der Waals surface area contributed by atoms with Crippen LogP contribution < -0.4 is 10.2 Å².